The van der Waals surface area contributed by atoms with Crippen LogP contribution in [0.1, 0.15) is 41.5 Å². The highest BCUT2D eigenvalue weighted by Gasteiger charge is 2.13. The number of rotatable bonds is 5. The second-order valence-electron chi connectivity index (χ2n) is 4.94. The van der Waals surface area contributed by atoms with Gasteiger partial charge in [-0.2, -0.15) is 0 Å². The molecule has 0 fully saturated rings. The minimum atomic E-state index is -0.549. The van der Waals surface area contributed by atoms with Crippen LogP contribution in [-0.2, 0) is 19.1 Å². The molecule has 0 spiro atoms. The molecule has 28 heavy (non-hydrogen) atoms. The van der Waals surface area contributed by atoms with Crippen molar-refractivity contribution in [2.24, 2.45) is 0 Å². The lowest BCUT2D eigenvalue weighted by molar-refractivity contribution is -0.146. The van der Waals surface area contributed by atoms with Crippen LogP contribution in [0.15, 0.2) is 24.3 Å². The summed E-state index contributed by atoms with van der Waals surface area (Å²) in [4.78, 5) is 42.9. The Balaban J connectivity index is 0. The summed E-state index contributed by atoms with van der Waals surface area (Å²) in [6, 6.07) is 6.04. The zero-order chi connectivity index (χ0) is 22.1. The zero-order valence-electron chi connectivity index (χ0n) is 17.5. The maximum Gasteiger partial charge on any atom is 0.372 e. The number of thioether (sulfide) groups is 1. The third kappa shape index (κ3) is 14.6. The van der Waals surface area contributed by atoms with Crippen molar-refractivity contribution in [1.82, 2.24) is 5.32 Å². The average molecular weight is 415 g/mol. The second-order valence-corrected chi connectivity index (χ2v) is 5.68. The van der Waals surface area contributed by atoms with Gasteiger partial charge in [0.25, 0.3) is 0 Å². The van der Waals surface area contributed by atoms with Crippen LogP contribution in [0, 0.1) is 0 Å². The highest BCUT2D eigenvalue weighted by molar-refractivity contribution is 8.12. The summed E-state index contributed by atoms with van der Waals surface area (Å²) in [6.45, 7) is 10.4. The maximum absolute atomic E-state index is 10.9. The number of esters is 1. The van der Waals surface area contributed by atoms with Crippen LogP contribution in [0.4, 0.5) is 10.5 Å². The van der Waals surface area contributed by atoms with Crippen molar-refractivity contribution in [2.45, 2.75) is 47.6 Å². The number of carbonyl (C=O) groups excluding carboxylic acids is 4. The molecule has 2 N–H and O–H groups in total. The third-order valence-corrected chi connectivity index (χ3v) is 3.02. The number of anilines is 1. The average Bonchev–Trinajstić information content (AvgIpc) is 2.64. The van der Waals surface area contributed by atoms with Crippen molar-refractivity contribution in [2.75, 3.05) is 18.2 Å². The molecule has 0 bridgehead atoms. The Bertz CT molecular complexity index is 619. The van der Waals surface area contributed by atoms with Crippen molar-refractivity contribution in [3.63, 3.8) is 0 Å². The Morgan fingerprint density at radius 2 is 1.57 bits per heavy atom. The van der Waals surface area contributed by atoms with Crippen LogP contribution in [0.5, 0.6) is 5.75 Å². The molecular formula is C19H30N2O6S. The fourth-order valence-electron chi connectivity index (χ4n) is 1.58. The van der Waals surface area contributed by atoms with Gasteiger partial charge in [-0.15, -0.1) is 0 Å². The van der Waals surface area contributed by atoms with Gasteiger partial charge in [0, 0.05) is 19.5 Å². The molecule has 8 nitrogen and oxygen atoms in total. The van der Waals surface area contributed by atoms with Gasteiger partial charge in [0.1, 0.15) is 11.8 Å². The van der Waals surface area contributed by atoms with Gasteiger partial charge in [-0.1, -0.05) is 13.8 Å². The van der Waals surface area contributed by atoms with Crippen LogP contribution in [0.25, 0.3) is 0 Å². The number of amides is 2. The van der Waals surface area contributed by atoms with Crippen LogP contribution in [0.2, 0.25) is 0 Å². The summed E-state index contributed by atoms with van der Waals surface area (Å²) in [5, 5.41) is 4.67. The molecular weight excluding hydrogens is 384 g/mol. The number of nitrogens with one attached hydrogen (secondary N) is 2. The Hall–Kier alpha value is -2.55. The predicted octanol–water partition coefficient (Wildman–Crippen LogP) is 3.61. The van der Waals surface area contributed by atoms with Crippen molar-refractivity contribution in [1.29, 1.82) is 0 Å². The lowest BCUT2D eigenvalue weighted by atomic mass is 10.3. The third-order valence-electron chi connectivity index (χ3n) is 2.60. The molecule has 0 aliphatic rings. The van der Waals surface area contributed by atoms with E-state index >= 15 is 0 Å². The minimum absolute atomic E-state index is 0.135. The standard InChI is InChI=1S/C10H11NO3S.C7H13NO3.C2H6/c1-7(12)11-8-3-5-9(6-4-8)14-10(13)15-2;1-4-11-7(10)5(2)8-6(3)9;1-2/h3-6H,1-2H3,(H,11,12);5H,4H2,1-3H3,(H,8,9);1-2H3. The van der Waals surface area contributed by atoms with E-state index in [4.69, 9.17) is 4.74 Å². The lowest BCUT2D eigenvalue weighted by Gasteiger charge is -2.09. The molecule has 1 aromatic rings. The fraction of sp³-hybridized carbons (Fsp3) is 0.474. The van der Waals surface area contributed by atoms with E-state index in [1.807, 2.05) is 13.8 Å². The minimum Gasteiger partial charge on any atom is -0.464 e. The van der Waals surface area contributed by atoms with Crippen LogP contribution >= 0.6 is 11.8 Å². The van der Waals surface area contributed by atoms with Crippen molar-refractivity contribution >= 4 is 40.5 Å². The van der Waals surface area contributed by atoms with Crippen molar-refractivity contribution < 1.29 is 28.7 Å². The normalized spacial score (nSPS) is 9.96. The summed E-state index contributed by atoms with van der Waals surface area (Å²) < 4.78 is 9.59. The molecule has 0 aliphatic heterocycles. The fourth-order valence-corrected chi connectivity index (χ4v) is 1.76. The predicted molar refractivity (Wildman–Crippen MR) is 112 cm³/mol. The Morgan fingerprint density at radius 3 is 1.96 bits per heavy atom. The van der Waals surface area contributed by atoms with E-state index in [1.54, 1.807) is 44.4 Å². The topological polar surface area (TPSA) is 111 Å². The lowest BCUT2D eigenvalue weighted by Crippen LogP contribution is -2.38. The summed E-state index contributed by atoms with van der Waals surface area (Å²) >= 11 is 1.00. The summed E-state index contributed by atoms with van der Waals surface area (Å²) in [7, 11) is 0. The largest absolute Gasteiger partial charge is 0.464 e. The van der Waals surface area contributed by atoms with Gasteiger partial charge in [-0.05, 0) is 56.1 Å². The highest BCUT2D eigenvalue weighted by Crippen LogP contribution is 2.17. The first-order valence-electron chi connectivity index (χ1n) is 8.76. The van der Waals surface area contributed by atoms with E-state index in [0.29, 0.717) is 18.0 Å². The molecule has 0 aliphatic carbocycles. The van der Waals surface area contributed by atoms with Crippen molar-refractivity contribution in [3.8, 4) is 5.75 Å². The molecule has 0 aromatic heterocycles. The van der Waals surface area contributed by atoms with Gasteiger partial charge < -0.3 is 20.1 Å². The molecule has 0 heterocycles. The molecule has 1 unspecified atom stereocenters. The summed E-state index contributed by atoms with van der Waals surface area (Å²) in [5.74, 6) is -0.305. The zero-order valence-corrected chi connectivity index (χ0v) is 18.3. The van der Waals surface area contributed by atoms with Crippen LogP contribution < -0.4 is 15.4 Å². The van der Waals surface area contributed by atoms with Gasteiger partial charge in [0.05, 0.1) is 6.61 Å². The molecule has 2 amide bonds. The molecule has 158 valence electrons. The highest BCUT2D eigenvalue weighted by atomic mass is 32.2. The Kier molecular flexibility index (Phi) is 16.4. The molecule has 0 saturated carbocycles. The van der Waals surface area contributed by atoms with Gasteiger partial charge in [-0.3, -0.25) is 9.59 Å². The van der Waals surface area contributed by atoms with E-state index in [9.17, 15) is 19.2 Å². The Labute approximate surface area is 170 Å². The van der Waals surface area contributed by atoms with Crippen LogP contribution in [-0.4, -0.2) is 42.0 Å². The molecule has 0 radical (unpaired) electrons. The number of benzene rings is 1. The van der Waals surface area contributed by atoms with Gasteiger partial charge >= 0.3 is 11.3 Å². The van der Waals surface area contributed by atoms with E-state index in [-0.39, 0.29) is 17.1 Å². The molecule has 1 rings (SSSR count). The molecule has 1 aromatic carbocycles. The first-order valence-corrected chi connectivity index (χ1v) is 9.99. The number of ether oxygens (including phenoxy) is 2. The maximum atomic E-state index is 10.9. The summed E-state index contributed by atoms with van der Waals surface area (Å²) in [6.07, 6.45) is 1.65. The van der Waals surface area contributed by atoms with E-state index in [0.717, 1.165) is 11.8 Å². The van der Waals surface area contributed by atoms with Crippen molar-refractivity contribution in [3.05, 3.63) is 24.3 Å². The van der Waals surface area contributed by atoms with Gasteiger partial charge in [0.15, 0.2) is 0 Å². The van der Waals surface area contributed by atoms with E-state index < -0.39 is 12.0 Å². The summed E-state index contributed by atoms with van der Waals surface area (Å²) in [5.41, 5.74) is 0.673. The van der Waals surface area contributed by atoms with E-state index in [2.05, 4.69) is 15.4 Å². The SMILES string of the molecule is CC.CCOC(=O)C(C)NC(C)=O.CSC(=O)Oc1ccc(NC(C)=O)cc1. The molecule has 0 saturated heterocycles. The van der Waals surface area contributed by atoms with Gasteiger partial charge in [-0.25, -0.2) is 9.59 Å². The monoisotopic (exact) mass is 414 g/mol. The number of hydrogen-bond acceptors (Lipinski definition) is 7. The van der Waals surface area contributed by atoms with Gasteiger partial charge in [0.2, 0.25) is 11.8 Å². The Morgan fingerprint density at radius 1 is 1.04 bits per heavy atom. The van der Waals surface area contributed by atoms with Crippen LogP contribution in [0.3, 0.4) is 0 Å². The molecule has 1 atom stereocenters. The molecule has 9 heteroatoms. The van der Waals surface area contributed by atoms with E-state index in [1.165, 1.54) is 13.8 Å². The quantitative estimate of drug-likeness (QED) is 0.708. The number of carbonyl (C=O) groups is 4. The first kappa shape index (κ1) is 27.7. The second kappa shape index (κ2) is 16.6. The number of hydrogen-bond donors (Lipinski definition) is 2. The first-order chi connectivity index (χ1) is 13.2. The smallest absolute Gasteiger partial charge is 0.372 e.